The van der Waals surface area contributed by atoms with Crippen molar-refractivity contribution in [1.82, 2.24) is 25.6 Å². The molecular weight excluding hydrogens is 370 g/mol. The molecule has 29 heavy (non-hydrogen) atoms. The van der Waals surface area contributed by atoms with Crippen molar-refractivity contribution >= 4 is 5.91 Å². The van der Waals surface area contributed by atoms with E-state index in [-0.39, 0.29) is 18.9 Å². The van der Waals surface area contributed by atoms with Gasteiger partial charge in [-0.2, -0.15) is 9.97 Å². The van der Waals surface area contributed by atoms with E-state index in [0.717, 1.165) is 16.7 Å². The molecule has 0 aliphatic rings. The minimum absolute atomic E-state index is 0.161. The third kappa shape index (κ3) is 4.73. The van der Waals surface area contributed by atoms with Crippen LogP contribution in [0.15, 0.2) is 63.6 Å². The van der Waals surface area contributed by atoms with Crippen LogP contribution in [0.3, 0.4) is 0 Å². The van der Waals surface area contributed by atoms with Crippen LogP contribution in [0.5, 0.6) is 0 Å². The Morgan fingerprint density at radius 3 is 2.62 bits per heavy atom. The average molecular weight is 389 g/mol. The van der Waals surface area contributed by atoms with E-state index < -0.39 is 0 Å². The fourth-order valence-corrected chi connectivity index (χ4v) is 2.77. The number of hydrogen-bond acceptors (Lipinski definition) is 7. The second kappa shape index (κ2) is 8.47. The quantitative estimate of drug-likeness (QED) is 0.516. The van der Waals surface area contributed by atoms with E-state index in [9.17, 15) is 4.79 Å². The SMILES string of the molecule is Cc1cccc(-c2nc(CNC(=O)CCc3nc(-c4ccccc4)no3)no2)c1. The summed E-state index contributed by atoms with van der Waals surface area (Å²) in [6.45, 7) is 2.18. The first-order valence-corrected chi connectivity index (χ1v) is 9.22. The van der Waals surface area contributed by atoms with Crippen molar-refractivity contribution in [3.63, 3.8) is 0 Å². The van der Waals surface area contributed by atoms with Gasteiger partial charge >= 0.3 is 0 Å². The lowest BCUT2D eigenvalue weighted by atomic mass is 10.1. The van der Waals surface area contributed by atoms with Gasteiger partial charge in [0.25, 0.3) is 5.89 Å². The van der Waals surface area contributed by atoms with Crippen molar-refractivity contribution in [3.8, 4) is 22.8 Å². The van der Waals surface area contributed by atoms with Crippen LogP contribution >= 0.6 is 0 Å². The maximum atomic E-state index is 12.1. The smallest absolute Gasteiger partial charge is 0.257 e. The van der Waals surface area contributed by atoms with E-state index in [1.54, 1.807) is 0 Å². The number of nitrogens with one attached hydrogen (secondary N) is 1. The lowest BCUT2D eigenvalue weighted by Crippen LogP contribution is -2.23. The molecule has 1 N–H and O–H groups in total. The second-order valence-corrected chi connectivity index (χ2v) is 6.54. The number of rotatable bonds is 7. The standard InChI is InChI=1S/C21H19N5O3/c1-14-6-5-9-16(12-14)21-23-17(25-29-21)13-22-18(27)10-11-19-24-20(26-28-19)15-7-3-2-4-8-15/h2-9,12H,10-11,13H2,1H3,(H,22,27). The minimum Gasteiger partial charge on any atom is -0.349 e. The van der Waals surface area contributed by atoms with Gasteiger partial charge in [-0.1, -0.05) is 58.3 Å². The molecule has 8 heteroatoms. The van der Waals surface area contributed by atoms with Crippen LogP contribution in [-0.4, -0.2) is 26.2 Å². The predicted octanol–water partition coefficient (Wildman–Crippen LogP) is 3.34. The molecule has 0 saturated heterocycles. The van der Waals surface area contributed by atoms with E-state index in [4.69, 9.17) is 9.05 Å². The number of carbonyl (C=O) groups is 1. The van der Waals surface area contributed by atoms with Gasteiger partial charge in [-0.25, -0.2) is 0 Å². The van der Waals surface area contributed by atoms with Gasteiger partial charge in [0.05, 0.1) is 6.54 Å². The molecule has 4 rings (SSSR count). The first-order valence-electron chi connectivity index (χ1n) is 9.22. The summed E-state index contributed by atoms with van der Waals surface area (Å²) in [4.78, 5) is 20.7. The molecule has 0 fully saturated rings. The zero-order chi connectivity index (χ0) is 20.1. The predicted molar refractivity (Wildman–Crippen MR) is 104 cm³/mol. The van der Waals surface area contributed by atoms with Gasteiger partial charge in [0.2, 0.25) is 17.6 Å². The summed E-state index contributed by atoms with van der Waals surface area (Å²) < 4.78 is 10.5. The Bertz CT molecular complexity index is 1100. The van der Waals surface area contributed by atoms with Crippen LogP contribution in [0.2, 0.25) is 0 Å². The summed E-state index contributed by atoms with van der Waals surface area (Å²) in [5.41, 5.74) is 2.82. The Morgan fingerprint density at radius 1 is 0.966 bits per heavy atom. The summed E-state index contributed by atoms with van der Waals surface area (Å²) in [6.07, 6.45) is 0.575. The van der Waals surface area contributed by atoms with Crippen LogP contribution in [0, 0.1) is 6.92 Å². The number of amides is 1. The van der Waals surface area contributed by atoms with Crippen molar-refractivity contribution in [2.45, 2.75) is 26.3 Å². The number of nitrogens with zero attached hydrogens (tertiary/aromatic N) is 4. The molecule has 4 aromatic rings. The van der Waals surface area contributed by atoms with Gasteiger partial charge in [0, 0.05) is 24.0 Å². The van der Waals surface area contributed by atoms with E-state index in [1.807, 2.05) is 61.5 Å². The second-order valence-electron chi connectivity index (χ2n) is 6.54. The number of benzene rings is 2. The molecule has 8 nitrogen and oxygen atoms in total. The Morgan fingerprint density at radius 2 is 1.79 bits per heavy atom. The topological polar surface area (TPSA) is 107 Å². The highest BCUT2D eigenvalue weighted by molar-refractivity contribution is 5.75. The maximum Gasteiger partial charge on any atom is 0.257 e. The fourth-order valence-electron chi connectivity index (χ4n) is 2.77. The van der Waals surface area contributed by atoms with E-state index in [1.165, 1.54) is 0 Å². The first kappa shape index (κ1) is 18.5. The maximum absolute atomic E-state index is 12.1. The fraction of sp³-hybridized carbons (Fsp3) is 0.190. The average Bonchev–Trinajstić information content (AvgIpc) is 3.41. The van der Waals surface area contributed by atoms with Gasteiger partial charge < -0.3 is 14.4 Å². The third-order valence-electron chi connectivity index (χ3n) is 4.24. The summed E-state index contributed by atoms with van der Waals surface area (Å²) in [7, 11) is 0. The van der Waals surface area contributed by atoms with Crippen molar-refractivity contribution in [1.29, 1.82) is 0 Å². The van der Waals surface area contributed by atoms with Crippen molar-refractivity contribution in [2.24, 2.45) is 0 Å². The number of carbonyl (C=O) groups excluding carboxylic acids is 1. The normalized spacial score (nSPS) is 10.8. The van der Waals surface area contributed by atoms with Crippen molar-refractivity contribution < 1.29 is 13.8 Å². The van der Waals surface area contributed by atoms with Gasteiger partial charge in [0.15, 0.2) is 5.82 Å². The molecule has 0 spiro atoms. The summed E-state index contributed by atoms with van der Waals surface area (Å²) >= 11 is 0. The highest BCUT2D eigenvalue weighted by Crippen LogP contribution is 2.18. The van der Waals surface area contributed by atoms with Crippen LogP contribution < -0.4 is 5.32 Å². The Labute approximate surface area is 167 Å². The van der Waals surface area contributed by atoms with Crippen molar-refractivity contribution in [2.75, 3.05) is 0 Å². The molecule has 2 aromatic carbocycles. The van der Waals surface area contributed by atoms with Gasteiger partial charge in [0.1, 0.15) is 0 Å². The van der Waals surface area contributed by atoms with Gasteiger partial charge in [-0.3, -0.25) is 4.79 Å². The summed E-state index contributed by atoms with van der Waals surface area (Å²) in [5.74, 6) is 1.61. The molecule has 0 unspecified atom stereocenters. The molecule has 146 valence electrons. The zero-order valence-corrected chi connectivity index (χ0v) is 15.8. The highest BCUT2D eigenvalue weighted by atomic mass is 16.5. The summed E-state index contributed by atoms with van der Waals surface area (Å²) in [5, 5.41) is 10.6. The molecule has 0 radical (unpaired) electrons. The van der Waals surface area contributed by atoms with Crippen LogP contribution in [0.4, 0.5) is 0 Å². The van der Waals surface area contributed by atoms with E-state index in [2.05, 4.69) is 25.6 Å². The highest BCUT2D eigenvalue weighted by Gasteiger charge is 2.12. The third-order valence-corrected chi connectivity index (χ3v) is 4.24. The molecule has 0 saturated carbocycles. The molecule has 1 amide bonds. The molecule has 0 atom stereocenters. The molecule has 0 aliphatic heterocycles. The van der Waals surface area contributed by atoms with E-state index >= 15 is 0 Å². The van der Waals surface area contributed by atoms with Crippen LogP contribution in [0.1, 0.15) is 23.7 Å². The van der Waals surface area contributed by atoms with Gasteiger partial charge in [-0.05, 0) is 19.1 Å². The Kier molecular flexibility index (Phi) is 5.42. The van der Waals surface area contributed by atoms with Gasteiger partial charge in [-0.15, -0.1) is 0 Å². The monoisotopic (exact) mass is 389 g/mol. The lowest BCUT2D eigenvalue weighted by molar-refractivity contribution is -0.121. The minimum atomic E-state index is -0.161. The molecule has 0 bridgehead atoms. The number of aryl methyl sites for hydroxylation is 2. The van der Waals surface area contributed by atoms with Crippen LogP contribution in [0.25, 0.3) is 22.8 Å². The molecule has 2 aromatic heterocycles. The zero-order valence-electron chi connectivity index (χ0n) is 15.8. The van der Waals surface area contributed by atoms with Crippen molar-refractivity contribution in [3.05, 3.63) is 71.9 Å². The lowest BCUT2D eigenvalue weighted by Gasteiger charge is -2.00. The Hall–Kier alpha value is -3.81. The molecule has 0 aliphatic carbocycles. The largest absolute Gasteiger partial charge is 0.349 e. The van der Waals surface area contributed by atoms with Crippen LogP contribution in [-0.2, 0) is 17.8 Å². The first-order chi connectivity index (χ1) is 14.2. The number of aromatic nitrogens is 4. The summed E-state index contributed by atoms with van der Waals surface area (Å²) in [6, 6.07) is 17.3. The molecular formula is C21H19N5O3. The molecule has 2 heterocycles. The number of hydrogen-bond donors (Lipinski definition) is 1. The van der Waals surface area contributed by atoms with E-state index in [0.29, 0.717) is 29.9 Å². The Balaban J connectivity index is 1.27.